The first-order valence-corrected chi connectivity index (χ1v) is 11.0. The van der Waals surface area contributed by atoms with Gasteiger partial charge < -0.3 is 15.2 Å². The van der Waals surface area contributed by atoms with Crippen molar-refractivity contribution in [1.29, 1.82) is 5.26 Å². The lowest BCUT2D eigenvalue weighted by molar-refractivity contribution is -0.112. The number of hydrogen-bond donors (Lipinski definition) is 2. The van der Waals surface area contributed by atoms with Gasteiger partial charge in [-0.05, 0) is 59.3 Å². The van der Waals surface area contributed by atoms with Crippen LogP contribution in [0.15, 0.2) is 84.4 Å². The Kier molecular flexibility index (Phi) is 7.03. The van der Waals surface area contributed by atoms with Crippen molar-refractivity contribution in [3.8, 4) is 17.6 Å². The van der Waals surface area contributed by atoms with Crippen LogP contribution in [0.3, 0.4) is 0 Å². The molecule has 0 heterocycles. The number of fused-ring (bicyclic) bond motifs is 1. The summed E-state index contributed by atoms with van der Waals surface area (Å²) in [6, 6.07) is 24.5. The lowest BCUT2D eigenvalue weighted by atomic mass is 10.0. The van der Waals surface area contributed by atoms with E-state index in [4.69, 9.17) is 27.9 Å². The molecule has 0 aliphatic carbocycles. The van der Waals surface area contributed by atoms with E-state index in [0.29, 0.717) is 27.0 Å². The van der Waals surface area contributed by atoms with Crippen LogP contribution < -0.4 is 10.1 Å². The quantitative estimate of drug-likeness (QED) is 0.174. The summed E-state index contributed by atoms with van der Waals surface area (Å²) in [6.07, 6.45) is 1.51. The largest absolute Gasteiger partial charge is 0.508 e. The Morgan fingerprint density at radius 2 is 1.79 bits per heavy atom. The van der Waals surface area contributed by atoms with E-state index in [1.54, 1.807) is 36.4 Å². The molecule has 0 fully saturated rings. The number of phenolic OH excluding ortho intramolecular Hbond substituents is 1. The van der Waals surface area contributed by atoms with E-state index >= 15 is 0 Å². The number of nitrogens with one attached hydrogen (secondary N) is 1. The highest BCUT2D eigenvalue weighted by Crippen LogP contribution is 2.32. The molecule has 0 atom stereocenters. The fourth-order valence-electron chi connectivity index (χ4n) is 3.38. The second kappa shape index (κ2) is 10.3. The Hall–Kier alpha value is -3.98. The zero-order chi connectivity index (χ0) is 24.1. The van der Waals surface area contributed by atoms with Gasteiger partial charge >= 0.3 is 0 Å². The highest BCUT2D eigenvalue weighted by Gasteiger charge is 2.14. The van der Waals surface area contributed by atoms with Crippen LogP contribution in [0.5, 0.6) is 11.5 Å². The molecule has 0 aromatic heterocycles. The van der Waals surface area contributed by atoms with E-state index in [0.717, 1.165) is 16.3 Å². The van der Waals surface area contributed by atoms with Crippen molar-refractivity contribution in [2.45, 2.75) is 6.61 Å². The van der Waals surface area contributed by atoms with Gasteiger partial charge in [0.1, 0.15) is 29.7 Å². The molecule has 1 amide bonds. The maximum atomic E-state index is 12.8. The molecule has 4 aromatic carbocycles. The molecule has 0 aliphatic heterocycles. The van der Waals surface area contributed by atoms with Crippen molar-refractivity contribution in [3.63, 3.8) is 0 Å². The molecule has 0 unspecified atom stereocenters. The van der Waals surface area contributed by atoms with Crippen LogP contribution >= 0.6 is 23.2 Å². The van der Waals surface area contributed by atoms with E-state index in [1.807, 2.05) is 36.4 Å². The molecule has 7 heteroatoms. The van der Waals surface area contributed by atoms with E-state index in [1.165, 1.54) is 18.2 Å². The highest BCUT2D eigenvalue weighted by molar-refractivity contribution is 6.35. The van der Waals surface area contributed by atoms with Gasteiger partial charge in [-0.25, -0.2) is 0 Å². The smallest absolute Gasteiger partial charge is 0.266 e. The minimum absolute atomic E-state index is 0.0763. The predicted molar refractivity (Wildman–Crippen MR) is 135 cm³/mol. The average molecular weight is 489 g/mol. The Balaban J connectivity index is 1.70. The van der Waals surface area contributed by atoms with E-state index in [9.17, 15) is 15.2 Å². The molecule has 5 nitrogen and oxygen atoms in total. The molecule has 2 N–H and O–H groups in total. The maximum absolute atomic E-state index is 12.8. The number of halogens is 2. The molecule has 0 radical (unpaired) electrons. The molecule has 0 saturated carbocycles. The van der Waals surface area contributed by atoms with Gasteiger partial charge in [0.2, 0.25) is 0 Å². The highest BCUT2D eigenvalue weighted by atomic mass is 35.5. The molecule has 4 aromatic rings. The summed E-state index contributed by atoms with van der Waals surface area (Å²) < 4.78 is 6.07. The second-order valence-corrected chi connectivity index (χ2v) is 8.24. The summed E-state index contributed by atoms with van der Waals surface area (Å²) in [4.78, 5) is 12.8. The Bertz CT molecular complexity index is 1440. The molecular formula is C27H18Cl2N2O3. The van der Waals surface area contributed by atoms with Gasteiger partial charge in [0.05, 0.1) is 0 Å². The number of nitriles is 1. The third kappa shape index (κ3) is 5.32. The number of aromatic hydroxyl groups is 1. The van der Waals surface area contributed by atoms with Crippen LogP contribution in [-0.4, -0.2) is 11.0 Å². The van der Waals surface area contributed by atoms with Crippen molar-refractivity contribution >= 4 is 51.6 Å². The lowest BCUT2D eigenvalue weighted by Gasteiger charge is -2.14. The minimum atomic E-state index is -0.576. The van der Waals surface area contributed by atoms with E-state index < -0.39 is 5.91 Å². The molecular weight excluding hydrogens is 471 g/mol. The van der Waals surface area contributed by atoms with Crippen LogP contribution in [0.25, 0.3) is 16.8 Å². The number of benzene rings is 4. The van der Waals surface area contributed by atoms with Crippen LogP contribution in [0, 0.1) is 11.3 Å². The van der Waals surface area contributed by atoms with Crippen LogP contribution in [-0.2, 0) is 11.4 Å². The molecule has 0 aliphatic rings. The SMILES string of the molecule is N#C/C(=C\c1c(OCc2ccc(Cl)cc2Cl)ccc2ccccc12)C(=O)Nc1ccc(O)cc1. The summed E-state index contributed by atoms with van der Waals surface area (Å²) in [7, 11) is 0. The fraction of sp³-hybridized carbons (Fsp3) is 0.0370. The Labute approximate surface area is 206 Å². The summed E-state index contributed by atoms with van der Waals surface area (Å²) in [5, 5.41) is 24.6. The topological polar surface area (TPSA) is 82.3 Å². The van der Waals surface area contributed by atoms with Gasteiger partial charge in [0.25, 0.3) is 5.91 Å². The first-order valence-electron chi connectivity index (χ1n) is 10.3. The van der Waals surface area contributed by atoms with Gasteiger partial charge in [-0.1, -0.05) is 59.6 Å². The number of carbonyl (C=O) groups is 1. The first-order chi connectivity index (χ1) is 16.4. The Morgan fingerprint density at radius 3 is 2.53 bits per heavy atom. The molecule has 4 rings (SSSR count). The monoisotopic (exact) mass is 488 g/mol. The summed E-state index contributed by atoms with van der Waals surface area (Å²) in [5.74, 6) is -0.00453. The van der Waals surface area contributed by atoms with Gasteiger partial charge in [-0.15, -0.1) is 0 Å². The number of phenols is 1. The number of hydrogen-bond acceptors (Lipinski definition) is 4. The molecule has 168 valence electrons. The molecule has 34 heavy (non-hydrogen) atoms. The maximum Gasteiger partial charge on any atom is 0.266 e. The van der Waals surface area contributed by atoms with Crippen LogP contribution in [0.2, 0.25) is 10.0 Å². The number of ether oxygens (including phenoxy) is 1. The zero-order valence-corrected chi connectivity index (χ0v) is 19.3. The van der Waals surface area contributed by atoms with Gasteiger partial charge in [0.15, 0.2) is 0 Å². The van der Waals surface area contributed by atoms with Crippen LogP contribution in [0.1, 0.15) is 11.1 Å². The number of amides is 1. The fourth-order valence-corrected chi connectivity index (χ4v) is 3.84. The molecule has 0 saturated heterocycles. The van der Waals surface area contributed by atoms with Crippen molar-refractivity contribution < 1.29 is 14.6 Å². The van der Waals surface area contributed by atoms with Crippen molar-refractivity contribution in [2.75, 3.05) is 5.32 Å². The van der Waals surface area contributed by atoms with Crippen molar-refractivity contribution in [1.82, 2.24) is 0 Å². The van der Waals surface area contributed by atoms with E-state index in [-0.39, 0.29) is 17.9 Å². The third-order valence-corrected chi connectivity index (χ3v) is 5.69. The number of nitrogens with zero attached hydrogens (tertiary/aromatic N) is 1. The second-order valence-electron chi connectivity index (χ2n) is 7.39. The van der Waals surface area contributed by atoms with Gasteiger partial charge in [0, 0.05) is 26.9 Å². The number of anilines is 1. The average Bonchev–Trinajstić information content (AvgIpc) is 2.83. The van der Waals surface area contributed by atoms with Crippen molar-refractivity contribution in [2.24, 2.45) is 0 Å². The standard InChI is InChI=1S/C27H18Cl2N2O3/c28-20-7-5-18(25(29)14-20)16-34-26-12-6-17-3-1-2-4-23(17)24(26)13-19(15-30)27(33)31-21-8-10-22(32)11-9-21/h1-14,32H,16H2,(H,31,33)/b19-13+. The molecule has 0 spiro atoms. The predicted octanol–water partition coefficient (Wildman–Crippen LogP) is 6.98. The number of rotatable bonds is 6. The van der Waals surface area contributed by atoms with Crippen LogP contribution in [0.4, 0.5) is 5.69 Å². The molecule has 0 bridgehead atoms. The van der Waals surface area contributed by atoms with E-state index in [2.05, 4.69) is 5.32 Å². The zero-order valence-electron chi connectivity index (χ0n) is 17.8. The normalized spacial score (nSPS) is 11.1. The first kappa shape index (κ1) is 23.2. The Morgan fingerprint density at radius 1 is 1.03 bits per heavy atom. The van der Waals surface area contributed by atoms with Gasteiger partial charge in [-0.3, -0.25) is 4.79 Å². The summed E-state index contributed by atoms with van der Waals surface area (Å²) >= 11 is 12.3. The third-order valence-electron chi connectivity index (χ3n) is 5.11. The summed E-state index contributed by atoms with van der Waals surface area (Å²) in [5.41, 5.74) is 1.70. The van der Waals surface area contributed by atoms with Crippen molar-refractivity contribution in [3.05, 3.63) is 106 Å². The lowest BCUT2D eigenvalue weighted by Crippen LogP contribution is -2.13. The minimum Gasteiger partial charge on any atom is -0.508 e. The van der Waals surface area contributed by atoms with Gasteiger partial charge in [-0.2, -0.15) is 5.26 Å². The summed E-state index contributed by atoms with van der Waals surface area (Å²) in [6.45, 7) is 0.177. The number of carbonyl (C=O) groups excluding carboxylic acids is 1.